The summed E-state index contributed by atoms with van der Waals surface area (Å²) in [4.78, 5) is 29.7. The SMILES string of the molecule is O=C1CO[C@]2(CCN(C(=O)C3(c4ccc(Cl)cc4)CCC3)C2)CN1c1ccc(F)cc1. The fraction of sp³-hybridized carbons (Fsp3) is 0.417. The van der Waals surface area contributed by atoms with Gasteiger partial charge in [0.25, 0.3) is 5.91 Å². The molecule has 3 aliphatic rings. The summed E-state index contributed by atoms with van der Waals surface area (Å²) in [6.45, 7) is 1.36. The van der Waals surface area contributed by atoms with Crippen molar-refractivity contribution in [3.63, 3.8) is 0 Å². The molecule has 31 heavy (non-hydrogen) atoms. The van der Waals surface area contributed by atoms with Gasteiger partial charge in [0.2, 0.25) is 5.91 Å². The van der Waals surface area contributed by atoms with Gasteiger partial charge in [-0.05, 0) is 61.2 Å². The van der Waals surface area contributed by atoms with Crippen molar-refractivity contribution in [3.8, 4) is 0 Å². The van der Waals surface area contributed by atoms with Gasteiger partial charge < -0.3 is 14.5 Å². The summed E-state index contributed by atoms with van der Waals surface area (Å²) >= 11 is 6.05. The van der Waals surface area contributed by atoms with Crippen molar-refractivity contribution in [1.82, 2.24) is 4.90 Å². The number of carbonyl (C=O) groups is 2. The van der Waals surface area contributed by atoms with E-state index in [1.54, 1.807) is 17.0 Å². The molecule has 2 aliphatic heterocycles. The predicted molar refractivity (Wildman–Crippen MR) is 116 cm³/mol. The second-order valence-electron chi connectivity index (χ2n) is 8.85. The molecule has 0 unspecified atom stereocenters. The smallest absolute Gasteiger partial charge is 0.253 e. The van der Waals surface area contributed by atoms with Gasteiger partial charge >= 0.3 is 0 Å². The highest BCUT2D eigenvalue weighted by Crippen LogP contribution is 2.46. The highest BCUT2D eigenvalue weighted by molar-refractivity contribution is 6.30. The molecule has 3 fully saturated rings. The van der Waals surface area contributed by atoms with Crippen molar-refractivity contribution < 1.29 is 18.7 Å². The van der Waals surface area contributed by atoms with Gasteiger partial charge in [-0.15, -0.1) is 0 Å². The van der Waals surface area contributed by atoms with Crippen LogP contribution < -0.4 is 4.90 Å². The Balaban J connectivity index is 1.35. The molecule has 1 spiro atoms. The molecule has 2 aromatic carbocycles. The number of halogens is 2. The van der Waals surface area contributed by atoms with Crippen LogP contribution in [0.5, 0.6) is 0 Å². The Morgan fingerprint density at radius 1 is 1.00 bits per heavy atom. The van der Waals surface area contributed by atoms with E-state index in [1.807, 2.05) is 29.2 Å². The van der Waals surface area contributed by atoms with E-state index in [9.17, 15) is 14.0 Å². The molecule has 0 N–H and O–H groups in total. The van der Waals surface area contributed by atoms with E-state index in [0.717, 1.165) is 24.8 Å². The third kappa shape index (κ3) is 3.52. The summed E-state index contributed by atoms with van der Waals surface area (Å²) in [5.41, 5.74) is 0.581. The molecule has 2 heterocycles. The van der Waals surface area contributed by atoms with Gasteiger partial charge in [0, 0.05) is 17.3 Å². The van der Waals surface area contributed by atoms with Gasteiger partial charge in [0.05, 0.1) is 18.5 Å². The monoisotopic (exact) mass is 442 g/mol. The second-order valence-corrected chi connectivity index (χ2v) is 9.28. The van der Waals surface area contributed by atoms with Crippen LogP contribution in [0, 0.1) is 5.82 Å². The average molecular weight is 443 g/mol. The number of anilines is 1. The minimum Gasteiger partial charge on any atom is -0.361 e. The van der Waals surface area contributed by atoms with Crippen LogP contribution in [0.15, 0.2) is 48.5 Å². The maximum absolute atomic E-state index is 13.6. The molecule has 1 saturated carbocycles. The molecule has 1 atom stereocenters. The lowest BCUT2D eigenvalue weighted by molar-refractivity contribution is -0.144. The van der Waals surface area contributed by atoms with E-state index >= 15 is 0 Å². The van der Waals surface area contributed by atoms with Crippen LogP contribution in [-0.2, 0) is 19.7 Å². The van der Waals surface area contributed by atoms with Crippen LogP contribution in [0.4, 0.5) is 10.1 Å². The zero-order valence-corrected chi connectivity index (χ0v) is 17.9. The number of ether oxygens (including phenoxy) is 1. The summed E-state index contributed by atoms with van der Waals surface area (Å²) in [6, 6.07) is 13.5. The maximum atomic E-state index is 13.6. The third-order valence-corrected chi connectivity index (χ3v) is 7.26. The molecule has 2 amide bonds. The van der Waals surface area contributed by atoms with E-state index < -0.39 is 11.0 Å². The minimum absolute atomic E-state index is 0.0399. The van der Waals surface area contributed by atoms with Crippen molar-refractivity contribution in [3.05, 3.63) is 64.9 Å². The van der Waals surface area contributed by atoms with Crippen LogP contribution in [0.2, 0.25) is 5.02 Å². The van der Waals surface area contributed by atoms with Crippen LogP contribution >= 0.6 is 11.6 Å². The van der Waals surface area contributed by atoms with Crippen molar-refractivity contribution in [2.45, 2.75) is 36.7 Å². The number of amides is 2. The van der Waals surface area contributed by atoms with Crippen LogP contribution in [0.1, 0.15) is 31.2 Å². The van der Waals surface area contributed by atoms with Crippen LogP contribution in [0.3, 0.4) is 0 Å². The molecule has 162 valence electrons. The van der Waals surface area contributed by atoms with E-state index in [1.165, 1.54) is 12.1 Å². The molecule has 5 rings (SSSR count). The lowest BCUT2D eigenvalue weighted by Gasteiger charge is -2.44. The second kappa shape index (κ2) is 7.61. The summed E-state index contributed by atoms with van der Waals surface area (Å²) in [5, 5.41) is 0.659. The van der Waals surface area contributed by atoms with Gasteiger partial charge in [0.1, 0.15) is 18.0 Å². The summed E-state index contributed by atoms with van der Waals surface area (Å²) in [7, 11) is 0. The van der Waals surface area contributed by atoms with Gasteiger partial charge in [-0.2, -0.15) is 0 Å². The predicted octanol–water partition coefficient (Wildman–Crippen LogP) is 3.94. The van der Waals surface area contributed by atoms with Gasteiger partial charge in [-0.3, -0.25) is 9.59 Å². The molecule has 0 aromatic heterocycles. The van der Waals surface area contributed by atoms with E-state index in [2.05, 4.69) is 0 Å². The summed E-state index contributed by atoms with van der Waals surface area (Å²) in [6.07, 6.45) is 3.35. The zero-order valence-electron chi connectivity index (χ0n) is 17.2. The molecule has 7 heteroatoms. The standard InChI is InChI=1S/C24H24ClFN2O3/c25-18-4-2-17(3-5-18)24(10-1-11-24)22(30)27-13-12-23(15-27)16-28(21(29)14-31-23)20-8-6-19(26)7-9-20/h2-9H,1,10-16H2/t23-/m0/s1. The molecule has 2 aromatic rings. The van der Waals surface area contributed by atoms with Gasteiger partial charge in [0.15, 0.2) is 0 Å². The topological polar surface area (TPSA) is 49.9 Å². The number of benzene rings is 2. The molecule has 5 nitrogen and oxygen atoms in total. The summed E-state index contributed by atoms with van der Waals surface area (Å²) in [5.74, 6) is -0.366. The van der Waals surface area contributed by atoms with Crippen LogP contribution in [-0.4, -0.2) is 48.6 Å². The van der Waals surface area contributed by atoms with Crippen molar-refractivity contribution in [2.75, 3.05) is 31.1 Å². The molecule has 1 aliphatic carbocycles. The Bertz CT molecular complexity index is 1010. The number of likely N-dealkylation sites (tertiary alicyclic amines) is 1. The average Bonchev–Trinajstić information content (AvgIpc) is 3.15. The van der Waals surface area contributed by atoms with Crippen molar-refractivity contribution in [1.29, 1.82) is 0 Å². The Hall–Kier alpha value is -2.44. The molecule has 0 bridgehead atoms. The Morgan fingerprint density at radius 2 is 1.71 bits per heavy atom. The largest absolute Gasteiger partial charge is 0.361 e. The first-order chi connectivity index (χ1) is 14.9. The van der Waals surface area contributed by atoms with E-state index in [4.69, 9.17) is 16.3 Å². The van der Waals surface area contributed by atoms with Crippen molar-refractivity contribution >= 4 is 29.1 Å². The third-order valence-electron chi connectivity index (χ3n) is 7.00. The van der Waals surface area contributed by atoms with E-state index in [0.29, 0.717) is 36.8 Å². The normalized spacial score (nSPS) is 25.0. The Labute approximate surface area is 185 Å². The molecule has 2 saturated heterocycles. The van der Waals surface area contributed by atoms with Crippen molar-refractivity contribution in [2.24, 2.45) is 0 Å². The van der Waals surface area contributed by atoms with Gasteiger partial charge in [-0.25, -0.2) is 4.39 Å². The Kier molecular flexibility index (Phi) is 5.02. The summed E-state index contributed by atoms with van der Waals surface area (Å²) < 4.78 is 19.3. The lowest BCUT2D eigenvalue weighted by atomic mass is 9.63. The lowest BCUT2D eigenvalue weighted by Crippen LogP contribution is -2.57. The minimum atomic E-state index is -0.594. The molecule has 0 radical (unpaired) electrons. The molecular weight excluding hydrogens is 419 g/mol. The number of hydrogen-bond donors (Lipinski definition) is 0. The zero-order chi connectivity index (χ0) is 21.6. The van der Waals surface area contributed by atoms with Gasteiger partial charge in [-0.1, -0.05) is 30.2 Å². The fourth-order valence-corrected chi connectivity index (χ4v) is 5.19. The highest BCUT2D eigenvalue weighted by Gasteiger charge is 2.52. The highest BCUT2D eigenvalue weighted by atomic mass is 35.5. The van der Waals surface area contributed by atoms with Crippen LogP contribution in [0.25, 0.3) is 0 Å². The molecular formula is C24H24ClFN2O3. The fourth-order valence-electron chi connectivity index (χ4n) is 5.06. The maximum Gasteiger partial charge on any atom is 0.253 e. The Morgan fingerprint density at radius 3 is 2.35 bits per heavy atom. The number of morpholine rings is 1. The first kappa shape index (κ1) is 20.5. The first-order valence-electron chi connectivity index (χ1n) is 10.7. The quantitative estimate of drug-likeness (QED) is 0.723. The number of rotatable bonds is 3. The number of hydrogen-bond acceptors (Lipinski definition) is 3. The number of nitrogens with zero attached hydrogens (tertiary/aromatic N) is 2. The number of carbonyl (C=O) groups excluding carboxylic acids is 2. The first-order valence-corrected chi connectivity index (χ1v) is 11.0. The van der Waals surface area contributed by atoms with E-state index in [-0.39, 0.29) is 24.2 Å².